The van der Waals surface area contributed by atoms with Gasteiger partial charge in [-0.25, -0.2) is 4.98 Å². The molecule has 0 spiro atoms. The van der Waals surface area contributed by atoms with E-state index in [4.69, 9.17) is 9.47 Å². The molecule has 1 fully saturated rings. The van der Waals surface area contributed by atoms with Crippen LogP contribution in [0, 0.1) is 0 Å². The summed E-state index contributed by atoms with van der Waals surface area (Å²) in [5.41, 5.74) is 3.49. The topological polar surface area (TPSA) is 49.2 Å². The van der Waals surface area contributed by atoms with Crippen molar-refractivity contribution in [1.82, 2.24) is 14.5 Å². The van der Waals surface area contributed by atoms with Crippen LogP contribution in [-0.4, -0.2) is 27.2 Å². The summed E-state index contributed by atoms with van der Waals surface area (Å²) in [6, 6.07) is 13.1. The SMILES string of the molecule is c1cncc(-c2cnc3n2C[C@@H](COc2ccc(C4CC4)cc2)O3)c1. The molecule has 3 heterocycles. The van der Waals surface area contributed by atoms with E-state index in [-0.39, 0.29) is 6.10 Å². The van der Waals surface area contributed by atoms with Crippen LogP contribution in [0.4, 0.5) is 0 Å². The molecule has 1 atom stereocenters. The Morgan fingerprint density at radius 1 is 1.12 bits per heavy atom. The quantitative estimate of drug-likeness (QED) is 0.715. The molecule has 1 aliphatic heterocycles. The van der Waals surface area contributed by atoms with Gasteiger partial charge < -0.3 is 9.47 Å². The molecule has 1 aliphatic carbocycles. The van der Waals surface area contributed by atoms with E-state index in [0.717, 1.165) is 29.5 Å². The fraction of sp³-hybridized carbons (Fsp3) is 0.300. The van der Waals surface area contributed by atoms with Crippen molar-refractivity contribution in [3.05, 3.63) is 60.6 Å². The van der Waals surface area contributed by atoms with Crippen molar-refractivity contribution in [1.29, 1.82) is 0 Å². The Morgan fingerprint density at radius 3 is 2.76 bits per heavy atom. The third-order valence-electron chi connectivity index (χ3n) is 4.80. The molecule has 0 amide bonds. The summed E-state index contributed by atoms with van der Waals surface area (Å²) in [7, 11) is 0. The number of ether oxygens (including phenoxy) is 2. The van der Waals surface area contributed by atoms with Gasteiger partial charge in [0.1, 0.15) is 12.4 Å². The molecule has 0 saturated heterocycles. The van der Waals surface area contributed by atoms with Gasteiger partial charge in [0.2, 0.25) is 0 Å². The van der Waals surface area contributed by atoms with Crippen molar-refractivity contribution in [3.8, 4) is 23.0 Å². The summed E-state index contributed by atoms with van der Waals surface area (Å²) in [6.07, 6.45) is 8.06. The summed E-state index contributed by atoms with van der Waals surface area (Å²) in [4.78, 5) is 8.55. The highest BCUT2D eigenvalue weighted by atomic mass is 16.6. The zero-order valence-electron chi connectivity index (χ0n) is 13.8. The lowest BCUT2D eigenvalue weighted by molar-refractivity contribution is 0.143. The highest BCUT2D eigenvalue weighted by Gasteiger charge is 2.27. The minimum absolute atomic E-state index is 0.0257. The number of pyridine rings is 1. The molecular formula is C20H19N3O2. The molecule has 2 aliphatic rings. The number of imidazole rings is 1. The fourth-order valence-electron chi connectivity index (χ4n) is 3.29. The number of rotatable bonds is 5. The Bertz CT molecular complexity index is 870. The maximum atomic E-state index is 5.91. The van der Waals surface area contributed by atoms with Crippen LogP contribution in [0.3, 0.4) is 0 Å². The lowest BCUT2D eigenvalue weighted by Crippen LogP contribution is -2.23. The molecule has 3 aromatic rings. The van der Waals surface area contributed by atoms with Crippen LogP contribution < -0.4 is 9.47 Å². The van der Waals surface area contributed by atoms with Crippen molar-refractivity contribution < 1.29 is 9.47 Å². The summed E-state index contributed by atoms with van der Waals surface area (Å²) in [5, 5.41) is 0. The third kappa shape index (κ3) is 2.86. The molecule has 0 radical (unpaired) electrons. The van der Waals surface area contributed by atoms with E-state index in [1.807, 2.05) is 24.5 Å². The van der Waals surface area contributed by atoms with E-state index in [9.17, 15) is 0 Å². The van der Waals surface area contributed by atoms with E-state index in [1.54, 1.807) is 6.20 Å². The maximum absolute atomic E-state index is 5.91. The summed E-state index contributed by atoms with van der Waals surface area (Å²) < 4.78 is 13.9. The molecule has 126 valence electrons. The van der Waals surface area contributed by atoms with E-state index >= 15 is 0 Å². The average molecular weight is 333 g/mol. The third-order valence-corrected chi connectivity index (χ3v) is 4.80. The fourth-order valence-corrected chi connectivity index (χ4v) is 3.29. The van der Waals surface area contributed by atoms with Gasteiger partial charge >= 0.3 is 0 Å². The lowest BCUT2D eigenvalue weighted by atomic mass is 10.1. The zero-order chi connectivity index (χ0) is 16.6. The average Bonchev–Trinajstić information content (AvgIpc) is 3.32. The van der Waals surface area contributed by atoms with Gasteiger partial charge in [0.05, 0.1) is 18.4 Å². The Hall–Kier alpha value is -2.82. The first-order chi connectivity index (χ1) is 12.4. The first kappa shape index (κ1) is 14.5. The number of hydrogen-bond donors (Lipinski definition) is 0. The highest BCUT2D eigenvalue weighted by Crippen LogP contribution is 2.40. The van der Waals surface area contributed by atoms with Gasteiger partial charge in [-0.05, 0) is 48.6 Å². The van der Waals surface area contributed by atoms with Crippen LogP contribution in [0.15, 0.2) is 55.0 Å². The number of nitrogens with zero attached hydrogens (tertiary/aromatic N) is 3. The molecule has 0 N–H and O–H groups in total. The van der Waals surface area contributed by atoms with Gasteiger partial charge in [-0.15, -0.1) is 0 Å². The van der Waals surface area contributed by atoms with Crippen LogP contribution in [-0.2, 0) is 6.54 Å². The Balaban J connectivity index is 1.24. The molecule has 0 unspecified atom stereocenters. The van der Waals surface area contributed by atoms with Gasteiger partial charge in [0.25, 0.3) is 6.01 Å². The predicted octanol–water partition coefficient (Wildman–Crippen LogP) is 3.66. The molecule has 1 saturated carbocycles. The van der Waals surface area contributed by atoms with Crippen molar-refractivity contribution in [2.45, 2.75) is 31.4 Å². The van der Waals surface area contributed by atoms with Gasteiger partial charge in [-0.3, -0.25) is 9.55 Å². The van der Waals surface area contributed by atoms with Gasteiger partial charge in [0.15, 0.2) is 6.10 Å². The second-order valence-corrected chi connectivity index (χ2v) is 6.67. The molecular weight excluding hydrogens is 314 g/mol. The van der Waals surface area contributed by atoms with Gasteiger partial charge in [-0.1, -0.05) is 12.1 Å². The first-order valence-corrected chi connectivity index (χ1v) is 8.72. The monoisotopic (exact) mass is 333 g/mol. The number of fused-ring (bicyclic) bond motifs is 1. The van der Waals surface area contributed by atoms with Crippen LogP contribution >= 0.6 is 0 Å². The van der Waals surface area contributed by atoms with Crippen LogP contribution in [0.2, 0.25) is 0 Å². The van der Waals surface area contributed by atoms with E-state index < -0.39 is 0 Å². The van der Waals surface area contributed by atoms with Crippen molar-refractivity contribution in [2.75, 3.05) is 6.61 Å². The maximum Gasteiger partial charge on any atom is 0.297 e. The van der Waals surface area contributed by atoms with Crippen molar-refractivity contribution in [2.24, 2.45) is 0 Å². The smallest absolute Gasteiger partial charge is 0.297 e. The van der Waals surface area contributed by atoms with Crippen molar-refractivity contribution >= 4 is 0 Å². The van der Waals surface area contributed by atoms with Gasteiger partial charge in [0, 0.05) is 18.0 Å². The summed E-state index contributed by atoms with van der Waals surface area (Å²) in [6.45, 7) is 1.25. The van der Waals surface area contributed by atoms with E-state index in [1.165, 1.54) is 18.4 Å². The largest absolute Gasteiger partial charge is 0.490 e. The molecule has 5 rings (SSSR count). The second kappa shape index (κ2) is 5.92. The van der Waals surface area contributed by atoms with E-state index in [0.29, 0.717) is 12.6 Å². The molecule has 2 aromatic heterocycles. The molecule has 5 nitrogen and oxygen atoms in total. The Kier molecular flexibility index (Phi) is 3.44. The Labute approximate surface area is 146 Å². The number of aromatic nitrogens is 3. The molecule has 25 heavy (non-hydrogen) atoms. The minimum Gasteiger partial charge on any atom is -0.490 e. The standard InChI is InChI=1S/C20H19N3O2/c1-2-16(10-21-9-1)19-11-22-20-23(19)12-18(25-20)13-24-17-7-5-15(6-8-17)14-3-4-14/h1-2,5-11,14,18H,3-4,12-13H2/t18-/m0/s1. The van der Waals surface area contributed by atoms with Gasteiger partial charge in [-0.2, -0.15) is 0 Å². The highest BCUT2D eigenvalue weighted by molar-refractivity contribution is 5.58. The van der Waals surface area contributed by atoms with Crippen LogP contribution in [0.25, 0.3) is 11.3 Å². The summed E-state index contributed by atoms with van der Waals surface area (Å²) in [5.74, 6) is 1.67. The number of hydrogen-bond acceptors (Lipinski definition) is 4. The predicted molar refractivity (Wildman–Crippen MR) is 93.8 cm³/mol. The summed E-state index contributed by atoms with van der Waals surface area (Å²) >= 11 is 0. The minimum atomic E-state index is -0.0257. The van der Waals surface area contributed by atoms with E-state index in [2.05, 4.69) is 38.8 Å². The first-order valence-electron chi connectivity index (χ1n) is 8.72. The van der Waals surface area contributed by atoms with Crippen molar-refractivity contribution in [3.63, 3.8) is 0 Å². The van der Waals surface area contributed by atoms with Crippen LogP contribution in [0.1, 0.15) is 24.3 Å². The van der Waals surface area contributed by atoms with Crippen LogP contribution in [0.5, 0.6) is 11.8 Å². The molecule has 5 heteroatoms. The molecule has 0 bridgehead atoms. The zero-order valence-corrected chi connectivity index (χ0v) is 13.8. The second-order valence-electron chi connectivity index (χ2n) is 6.67. The lowest BCUT2D eigenvalue weighted by Gasteiger charge is -2.12. The number of benzene rings is 1. The normalized spacial score (nSPS) is 18.6. The molecule has 1 aromatic carbocycles. The Morgan fingerprint density at radius 2 is 2.00 bits per heavy atom.